The molecule has 42 heteroatoms. The van der Waals surface area contributed by atoms with Crippen LogP contribution < -0.4 is 68.3 Å². The third-order valence-electron chi connectivity index (χ3n) is 16.5. The Morgan fingerprint density at radius 1 is 0.300 bits per heavy atom. The zero-order valence-electron chi connectivity index (χ0n) is 65.4. The molecule has 0 bridgehead atoms. The van der Waals surface area contributed by atoms with E-state index in [-0.39, 0.29) is 96.4 Å². The van der Waals surface area contributed by atoms with Gasteiger partial charge in [-0.3, -0.25) is 19.2 Å². The number of carbonyl (C=O) groups excluding carboxylic acids is 2. The average molecular weight is 1770 g/mol. The fourth-order valence-electron chi connectivity index (χ4n) is 9.76. The Hall–Kier alpha value is -3.88. The third-order valence-corrected chi connectivity index (χ3v) is 28.7. The molecule has 0 amide bonds. The summed E-state index contributed by atoms with van der Waals surface area (Å²) in [7, 11) is 0. The molecular weight excluding hydrogens is 1660 g/mol. The number of thiol groups is 4. The Kier molecular flexibility index (Phi) is 54.9. The van der Waals surface area contributed by atoms with Crippen LogP contribution >= 0.6 is 145 Å². The lowest BCUT2D eigenvalue weighted by atomic mass is 10.3. The lowest BCUT2D eigenvalue weighted by Gasteiger charge is -2.16. The Morgan fingerprint density at radius 2 is 0.482 bits per heavy atom. The minimum atomic E-state index is -0.931. The van der Waals surface area contributed by atoms with E-state index in [9.17, 15) is 76.7 Å². The van der Waals surface area contributed by atoms with Crippen LogP contribution in [0.1, 0.15) is 134 Å². The van der Waals surface area contributed by atoms with Crippen molar-refractivity contribution in [1.82, 2.24) is 54.8 Å². The maximum Gasteiger partial charge on any atom is 0.336 e. The summed E-state index contributed by atoms with van der Waals surface area (Å²) in [5.74, 6) is 7.31. The zero-order chi connectivity index (χ0) is 83.3. The van der Waals surface area contributed by atoms with Gasteiger partial charge in [0.2, 0.25) is 0 Å². The fraction of sp³-hybridized carbons (Fsp3) is 0.765. The fourth-order valence-corrected chi connectivity index (χ4v) is 17.3. The van der Waals surface area contributed by atoms with Crippen LogP contribution in [0, 0.1) is 0 Å². The molecule has 0 radical (unpaired) electrons. The van der Waals surface area contributed by atoms with Crippen molar-refractivity contribution in [2.45, 2.75) is 244 Å². The highest BCUT2D eigenvalue weighted by atomic mass is 32.2. The summed E-state index contributed by atoms with van der Waals surface area (Å²) in [5.41, 5.74) is -6.83. The van der Waals surface area contributed by atoms with Gasteiger partial charge in [-0.1, -0.05) is 27.7 Å². The lowest BCUT2D eigenvalue weighted by Crippen LogP contribution is -2.54. The average Bonchev–Trinajstić information content (AvgIpc) is 0.811. The first-order valence-electron chi connectivity index (χ1n) is 36.7. The molecular formula is C68H116N12O18S12. The summed E-state index contributed by atoms with van der Waals surface area (Å²) < 4.78 is 13.4. The Morgan fingerprint density at radius 3 is 0.655 bits per heavy atom. The highest BCUT2D eigenvalue weighted by molar-refractivity contribution is 8.02. The van der Waals surface area contributed by atoms with Crippen molar-refractivity contribution in [1.29, 1.82) is 0 Å². The van der Waals surface area contributed by atoms with E-state index in [2.05, 4.69) is 78.2 Å². The molecule has 0 spiro atoms. The molecule has 0 saturated heterocycles. The highest BCUT2D eigenvalue weighted by Gasteiger charge is 2.21. The van der Waals surface area contributed by atoms with E-state index in [1.165, 1.54) is 79.2 Å². The number of carboxylic acids is 2. The first kappa shape index (κ1) is 104. The molecule has 4 heterocycles. The van der Waals surface area contributed by atoms with Gasteiger partial charge in [-0.25, -0.2) is 112 Å². The smallest absolute Gasteiger partial charge is 0.336 e. The molecule has 0 fully saturated rings. The maximum atomic E-state index is 12.8. The van der Waals surface area contributed by atoms with Gasteiger partial charge in [-0.15, -0.1) is 0 Å². The van der Waals surface area contributed by atoms with Gasteiger partial charge in [0.15, 0.2) is 0 Å². The molecule has 0 aliphatic heterocycles. The van der Waals surface area contributed by atoms with Crippen LogP contribution in [0.4, 0.5) is 0 Å². The van der Waals surface area contributed by atoms with Crippen LogP contribution in [0.3, 0.4) is 0 Å². The van der Waals surface area contributed by atoms with Gasteiger partial charge >= 0.3 is 80.2 Å². The van der Waals surface area contributed by atoms with Crippen LogP contribution in [-0.4, -0.2) is 201 Å². The minimum absolute atomic E-state index is 0.0540. The van der Waals surface area contributed by atoms with E-state index < -0.39 is 80.2 Å². The molecule has 30 nitrogen and oxygen atoms in total. The normalized spacial score (nSPS) is 12.9. The van der Waals surface area contributed by atoms with Crippen molar-refractivity contribution in [2.24, 2.45) is 0 Å². The van der Waals surface area contributed by atoms with E-state index in [0.717, 1.165) is 82.6 Å². The number of carbonyl (C=O) groups is 4. The number of ketones is 2. The summed E-state index contributed by atoms with van der Waals surface area (Å²) in [5, 5.41) is 18.3. The summed E-state index contributed by atoms with van der Waals surface area (Å²) >= 11 is 29.6. The second-order valence-electron chi connectivity index (χ2n) is 24.9. The van der Waals surface area contributed by atoms with Crippen molar-refractivity contribution < 1.29 is 29.4 Å². The summed E-state index contributed by atoms with van der Waals surface area (Å²) in [6.07, 6.45) is 4.75. The van der Waals surface area contributed by atoms with Crippen molar-refractivity contribution in [3.63, 3.8) is 0 Å². The number of hydrogen-bond acceptors (Lipinski definition) is 28. The number of carboxylic acid groups (broad SMARTS) is 2. The first-order chi connectivity index (χ1) is 52.1. The Balaban J connectivity index is 0.000000735. The van der Waals surface area contributed by atoms with Crippen LogP contribution in [0.2, 0.25) is 0 Å². The minimum Gasteiger partial charge on any atom is -0.481 e. The second kappa shape index (κ2) is 58.0. The maximum absolute atomic E-state index is 12.8. The molecule has 6 atom stereocenters. The molecule has 4 aromatic heterocycles. The van der Waals surface area contributed by atoms with E-state index in [1.807, 2.05) is 13.8 Å². The Labute approximate surface area is 697 Å². The monoisotopic (exact) mass is 1770 g/mol. The summed E-state index contributed by atoms with van der Waals surface area (Å²) in [4.78, 5) is 194. The molecule has 0 aromatic carbocycles. The summed E-state index contributed by atoms with van der Waals surface area (Å²) in [6, 6.07) is 0. The number of thioether (sulfide) groups is 8. The van der Waals surface area contributed by atoms with Gasteiger partial charge in [0, 0.05) is 111 Å². The lowest BCUT2D eigenvalue weighted by molar-refractivity contribution is -0.134. The molecule has 4 rings (SSSR count). The quantitative estimate of drug-likeness (QED) is 0.0246. The molecule has 6 unspecified atom stereocenters. The van der Waals surface area contributed by atoms with Gasteiger partial charge in [-0.2, -0.15) is 145 Å². The number of rotatable bonds is 52. The molecule has 4 aromatic rings. The largest absolute Gasteiger partial charge is 0.481 e. The number of aromatic nitrogens is 12. The van der Waals surface area contributed by atoms with E-state index in [0.29, 0.717) is 111 Å². The number of nitrogens with zero attached hydrogens (tertiary/aromatic N) is 12. The van der Waals surface area contributed by atoms with Gasteiger partial charge in [0.05, 0.1) is 22.0 Å². The molecule has 628 valence electrons. The molecule has 0 saturated carbocycles. The molecule has 0 aliphatic rings. The first-order valence-corrected chi connectivity index (χ1v) is 47.8. The Bertz CT molecular complexity index is 4030. The highest BCUT2D eigenvalue weighted by Crippen LogP contribution is 2.20. The SMILES string of the molecule is CCn1c(=O)n(CCCSC(C)C(C)=O)c(=O)n(CCCSC(C)C(C)=O)c1=O.CCn1c(=O)n(CCCSC(C)C(C)S)c(=O)n(CCCSC(C)C(C)S)c1=O.CCn1c(=O)n(CCCSCC(=O)O)c(=O)n(CCCSCC(=O)O)c1=O.CCn1c(=O)n(CCCSCCS)c(=O)n(CCCSCCS)c1=O. The van der Waals surface area contributed by atoms with Crippen molar-refractivity contribution >= 4 is 168 Å². The molecule has 0 aliphatic carbocycles. The number of aliphatic carboxylic acids is 2. The predicted octanol–water partition coefficient (Wildman–Crippen LogP) is 5.15. The van der Waals surface area contributed by atoms with E-state index in [4.69, 9.17) is 10.2 Å². The van der Waals surface area contributed by atoms with Gasteiger partial charge in [0.25, 0.3) is 0 Å². The van der Waals surface area contributed by atoms with Crippen molar-refractivity contribution in [3.05, 3.63) is 126 Å². The molecule has 2 N–H and O–H groups in total. The van der Waals surface area contributed by atoms with Crippen molar-refractivity contribution in [2.75, 3.05) is 80.5 Å². The number of hydrogen-bond donors (Lipinski definition) is 6. The van der Waals surface area contributed by atoms with Crippen LogP contribution in [0.15, 0.2) is 57.5 Å². The van der Waals surface area contributed by atoms with Crippen LogP contribution in [0.25, 0.3) is 0 Å². The van der Waals surface area contributed by atoms with Gasteiger partial charge < -0.3 is 10.2 Å². The van der Waals surface area contributed by atoms with Crippen LogP contribution in [0.5, 0.6) is 0 Å². The predicted molar refractivity (Wildman–Crippen MR) is 475 cm³/mol. The zero-order valence-corrected chi connectivity index (χ0v) is 75.5. The molecule has 110 heavy (non-hydrogen) atoms. The topological polar surface area (TPSA) is 373 Å². The second-order valence-corrected chi connectivity index (χ2v) is 37.9. The summed E-state index contributed by atoms with van der Waals surface area (Å²) in [6.45, 7) is 24.6. The number of Topliss-reactive ketones (excluding diaryl/α,β-unsaturated/α-hetero) is 2. The van der Waals surface area contributed by atoms with Gasteiger partial charge in [-0.05, 0) is 164 Å². The van der Waals surface area contributed by atoms with E-state index in [1.54, 1.807) is 74.7 Å². The van der Waals surface area contributed by atoms with Crippen molar-refractivity contribution in [3.8, 4) is 0 Å². The van der Waals surface area contributed by atoms with Gasteiger partial charge in [0.1, 0.15) is 11.6 Å². The van der Waals surface area contributed by atoms with E-state index >= 15 is 0 Å². The standard InChI is InChI=1S/C19H31N3O5S2.C19H35N3O3S4.C15H23N3O7S2.C15H27N3O3S4/c1-6-20-17(25)21(9-7-11-28-15(4)13(2)23)19(27)22(18(20)26)10-8-12-29-16(5)14(3)24;1-6-20-17(23)21(9-7-11-28-15(4)13(2)26)19(25)22(18(20)24)10-8-12-29-16(5)14(3)27;1-2-16-13(23)17(5-3-7-26-9-11(19)20)15(25)18(14(16)24)6-4-8-27-10-12(21)22;1-2-16-13(19)17(5-3-9-24-11-7-22)15(21)18(14(16)20)6-4-10-25-12-8-23/h15-16H,6-12H2,1-5H3;13-16,26-27H,6-12H2,1-5H3;2-10H2,1H3,(H,19,20)(H,21,22);22-23H,2-12H2,1H3. The third kappa shape index (κ3) is 36.5. The van der Waals surface area contributed by atoms with Crippen LogP contribution in [-0.2, 0) is 97.7 Å².